The van der Waals surface area contributed by atoms with Crippen molar-refractivity contribution in [3.63, 3.8) is 0 Å². The van der Waals surface area contributed by atoms with Crippen LogP contribution in [0.2, 0.25) is 0 Å². The maximum atomic E-state index is 12.8. The fourth-order valence-electron chi connectivity index (χ4n) is 1.60. The molecule has 0 radical (unpaired) electrons. The quantitative estimate of drug-likeness (QED) is 0.813. The Balaban J connectivity index is 2.86. The second-order valence-corrected chi connectivity index (χ2v) is 3.99. The van der Waals surface area contributed by atoms with Crippen LogP contribution in [0.3, 0.4) is 0 Å². The minimum Gasteiger partial charge on any atom is -0.481 e. The average Bonchev–Trinajstić information content (AvgIpc) is 2.34. The zero-order valence-electron chi connectivity index (χ0n) is 10.1. The van der Waals surface area contributed by atoms with Gasteiger partial charge in [0.15, 0.2) is 0 Å². The first kappa shape index (κ1) is 14.2. The topological polar surface area (TPSA) is 66.4 Å². The van der Waals surface area contributed by atoms with Gasteiger partial charge in [-0.2, -0.15) is 0 Å². The number of rotatable bonds is 6. The molecular formula is C13H16FNO3. The molecule has 0 aliphatic heterocycles. The molecule has 1 atom stereocenters. The molecule has 0 bridgehead atoms. The van der Waals surface area contributed by atoms with E-state index in [1.807, 2.05) is 6.92 Å². The SMILES string of the molecule is CCCNC(=O)C(CC(=O)O)c1ccc(F)cc1. The molecule has 1 aromatic rings. The van der Waals surface area contributed by atoms with Gasteiger partial charge in [0.1, 0.15) is 5.82 Å². The lowest BCUT2D eigenvalue weighted by atomic mass is 9.95. The molecule has 5 heteroatoms. The Morgan fingerprint density at radius 1 is 1.33 bits per heavy atom. The third-order valence-electron chi connectivity index (χ3n) is 2.52. The van der Waals surface area contributed by atoms with E-state index in [-0.39, 0.29) is 12.3 Å². The predicted molar refractivity (Wildman–Crippen MR) is 64.7 cm³/mol. The van der Waals surface area contributed by atoms with Gasteiger partial charge in [-0.1, -0.05) is 19.1 Å². The van der Waals surface area contributed by atoms with E-state index in [1.54, 1.807) is 0 Å². The summed E-state index contributed by atoms with van der Waals surface area (Å²) in [6.07, 6.45) is 0.468. The first-order valence-electron chi connectivity index (χ1n) is 5.79. The van der Waals surface area contributed by atoms with E-state index < -0.39 is 17.7 Å². The normalized spacial score (nSPS) is 11.9. The Morgan fingerprint density at radius 2 is 1.94 bits per heavy atom. The average molecular weight is 253 g/mol. The van der Waals surface area contributed by atoms with Crippen LogP contribution in [0.1, 0.15) is 31.2 Å². The van der Waals surface area contributed by atoms with Crippen molar-refractivity contribution in [3.05, 3.63) is 35.6 Å². The standard InChI is InChI=1S/C13H16FNO3/c1-2-7-15-13(18)11(8-12(16)17)9-3-5-10(14)6-4-9/h3-6,11H,2,7-8H2,1H3,(H,15,18)(H,16,17). The highest BCUT2D eigenvalue weighted by atomic mass is 19.1. The van der Waals surface area contributed by atoms with Gasteiger partial charge in [-0.15, -0.1) is 0 Å². The Kier molecular flexibility index (Phi) is 5.30. The van der Waals surface area contributed by atoms with E-state index in [9.17, 15) is 14.0 Å². The van der Waals surface area contributed by atoms with Crippen LogP contribution >= 0.6 is 0 Å². The zero-order chi connectivity index (χ0) is 13.5. The smallest absolute Gasteiger partial charge is 0.304 e. The van der Waals surface area contributed by atoms with Crippen LogP contribution in [-0.4, -0.2) is 23.5 Å². The van der Waals surface area contributed by atoms with Crippen LogP contribution in [0, 0.1) is 5.82 Å². The largest absolute Gasteiger partial charge is 0.481 e. The highest BCUT2D eigenvalue weighted by molar-refractivity contribution is 5.87. The van der Waals surface area contributed by atoms with Crippen LogP contribution in [0.25, 0.3) is 0 Å². The van der Waals surface area contributed by atoms with E-state index in [2.05, 4.69) is 5.32 Å². The van der Waals surface area contributed by atoms with Crippen LogP contribution in [0.5, 0.6) is 0 Å². The second kappa shape index (κ2) is 6.74. The summed E-state index contributed by atoms with van der Waals surface area (Å²) >= 11 is 0. The molecule has 98 valence electrons. The summed E-state index contributed by atoms with van der Waals surface area (Å²) in [5.74, 6) is -2.60. The predicted octanol–water partition coefficient (Wildman–Crippen LogP) is 1.91. The molecule has 0 heterocycles. The molecule has 2 N–H and O–H groups in total. The minimum absolute atomic E-state index is 0.304. The molecule has 0 spiro atoms. The molecule has 0 fully saturated rings. The number of aliphatic carboxylic acids is 1. The Bertz CT molecular complexity index is 417. The van der Waals surface area contributed by atoms with E-state index in [0.29, 0.717) is 12.1 Å². The van der Waals surface area contributed by atoms with E-state index >= 15 is 0 Å². The fourth-order valence-corrected chi connectivity index (χ4v) is 1.60. The van der Waals surface area contributed by atoms with Gasteiger partial charge in [0.2, 0.25) is 5.91 Å². The lowest BCUT2D eigenvalue weighted by Crippen LogP contribution is -2.31. The highest BCUT2D eigenvalue weighted by Crippen LogP contribution is 2.20. The molecule has 1 rings (SSSR count). The van der Waals surface area contributed by atoms with E-state index in [4.69, 9.17) is 5.11 Å². The van der Waals surface area contributed by atoms with Gasteiger partial charge < -0.3 is 10.4 Å². The van der Waals surface area contributed by atoms with Crippen LogP contribution in [0.15, 0.2) is 24.3 Å². The number of carbonyl (C=O) groups excluding carboxylic acids is 1. The number of benzene rings is 1. The monoisotopic (exact) mass is 253 g/mol. The summed E-state index contributed by atoms with van der Waals surface area (Å²) in [5, 5.41) is 11.5. The molecule has 0 saturated carbocycles. The zero-order valence-corrected chi connectivity index (χ0v) is 10.1. The third kappa shape index (κ3) is 4.16. The van der Waals surface area contributed by atoms with Gasteiger partial charge in [-0.3, -0.25) is 9.59 Å². The van der Waals surface area contributed by atoms with Gasteiger partial charge in [-0.25, -0.2) is 4.39 Å². The van der Waals surface area contributed by atoms with Crippen LogP contribution < -0.4 is 5.32 Å². The van der Waals surface area contributed by atoms with E-state index in [1.165, 1.54) is 24.3 Å². The first-order valence-corrected chi connectivity index (χ1v) is 5.79. The van der Waals surface area contributed by atoms with Crippen molar-refractivity contribution in [1.29, 1.82) is 0 Å². The summed E-state index contributed by atoms with van der Waals surface area (Å²) in [6, 6.07) is 5.32. The molecule has 0 aliphatic carbocycles. The van der Waals surface area contributed by atoms with Crippen LogP contribution in [-0.2, 0) is 9.59 Å². The van der Waals surface area contributed by atoms with Gasteiger partial charge in [0, 0.05) is 6.54 Å². The molecule has 4 nitrogen and oxygen atoms in total. The van der Waals surface area contributed by atoms with Crippen molar-refractivity contribution in [2.45, 2.75) is 25.7 Å². The van der Waals surface area contributed by atoms with Crippen molar-refractivity contribution >= 4 is 11.9 Å². The summed E-state index contributed by atoms with van der Waals surface area (Å²) in [7, 11) is 0. The van der Waals surface area contributed by atoms with Gasteiger partial charge in [-0.05, 0) is 24.1 Å². The second-order valence-electron chi connectivity index (χ2n) is 3.99. The summed E-state index contributed by atoms with van der Waals surface area (Å²) < 4.78 is 12.8. The minimum atomic E-state index is -1.06. The molecule has 0 saturated heterocycles. The number of carboxylic acid groups (broad SMARTS) is 1. The summed E-state index contributed by atoms with van der Waals surface area (Å²) in [5.41, 5.74) is 0.507. The number of halogens is 1. The number of hydrogen-bond acceptors (Lipinski definition) is 2. The van der Waals surface area contributed by atoms with Crippen LogP contribution in [0.4, 0.5) is 4.39 Å². The van der Waals surface area contributed by atoms with Crippen molar-refractivity contribution in [3.8, 4) is 0 Å². The highest BCUT2D eigenvalue weighted by Gasteiger charge is 2.23. The van der Waals surface area contributed by atoms with Crippen molar-refractivity contribution < 1.29 is 19.1 Å². The Morgan fingerprint density at radius 3 is 2.44 bits per heavy atom. The number of hydrogen-bond donors (Lipinski definition) is 2. The maximum Gasteiger partial charge on any atom is 0.304 e. The molecular weight excluding hydrogens is 237 g/mol. The summed E-state index contributed by atoms with van der Waals surface area (Å²) in [4.78, 5) is 22.6. The number of nitrogens with one attached hydrogen (secondary N) is 1. The molecule has 18 heavy (non-hydrogen) atoms. The maximum absolute atomic E-state index is 12.8. The van der Waals surface area contributed by atoms with Gasteiger partial charge in [0.05, 0.1) is 12.3 Å². The Labute approximate surface area is 105 Å². The van der Waals surface area contributed by atoms with Crippen molar-refractivity contribution in [1.82, 2.24) is 5.32 Å². The van der Waals surface area contributed by atoms with Crippen molar-refractivity contribution in [2.75, 3.05) is 6.54 Å². The Hall–Kier alpha value is -1.91. The number of carboxylic acids is 1. The number of carbonyl (C=O) groups is 2. The lowest BCUT2D eigenvalue weighted by molar-refractivity contribution is -0.139. The molecule has 1 unspecified atom stereocenters. The fraction of sp³-hybridized carbons (Fsp3) is 0.385. The molecule has 1 amide bonds. The lowest BCUT2D eigenvalue weighted by Gasteiger charge is -2.15. The molecule has 0 aliphatic rings. The number of amides is 1. The first-order chi connectivity index (χ1) is 8.54. The third-order valence-corrected chi connectivity index (χ3v) is 2.52. The molecule has 0 aromatic heterocycles. The molecule has 1 aromatic carbocycles. The van der Waals surface area contributed by atoms with Crippen molar-refractivity contribution in [2.24, 2.45) is 0 Å². The summed E-state index contributed by atoms with van der Waals surface area (Å²) in [6.45, 7) is 2.40. The van der Waals surface area contributed by atoms with Gasteiger partial charge >= 0.3 is 5.97 Å². The van der Waals surface area contributed by atoms with E-state index in [0.717, 1.165) is 6.42 Å². The van der Waals surface area contributed by atoms with Gasteiger partial charge in [0.25, 0.3) is 0 Å².